The number of aryl methyl sites for hydroxylation is 1. The zero-order valence-corrected chi connectivity index (χ0v) is 10.3. The largest absolute Gasteiger partial charge is 0.313 e. The molecule has 2 heteroatoms. The quantitative estimate of drug-likeness (QED) is 0.821. The third-order valence-electron chi connectivity index (χ3n) is 3.63. The first-order valence-corrected chi connectivity index (χ1v) is 6.06. The van der Waals surface area contributed by atoms with E-state index in [1.54, 1.807) is 12.1 Å². The van der Waals surface area contributed by atoms with Crippen molar-refractivity contribution in [3.8, 4) is 0 Å². The van der Waals surface area contributed by atoms with Crippen molar-refractivity contribution in [3.63, 3.8) is 0 Å². The van der Waals surface area contributed by atoms with Crippen LogP contribution in [0.15, 0.2) is 18.2 Å². The first-order chi connectivity index (χ1) is 7.61. The van der Waals surface area contributed by atoms with E-state index in [0.29, 0.717) is 5.92 Å². The Morgan fingerprint density at radius 3 is 2.50 bits per heavy atom. The second-order valence-corrected chi connectivity index (χ2v) is 5.02. The van der Waals surface area contributed by atoms with Gasteiger partial charge in [0.2, 0.25) is 0 Å². The van der Waals surface area contributed by atoms with Crippen LogP contribution in [0.4, 0.5) is 4.39 Å². The summed E-state index contributed by atoms with van der Waals surface area (Å²) in [7, 11) is 1.96. The summed E-state index contributed by atoms with van der Waals surface area (Å²) in [6, 6.07) is 5.61. The molecule has 0 saturated heterocycles. The molecule has 0 radical (unpaired) electrons. The lowest BCUT2D eigenvalue weighted by atomic mass is 9.90. The van der Waals surface area contributed by atoms with E-state index in [1.807, 2.05) is 14.0 Å². The third-order valence-corrected chi connectivity index (χ3v) is 3.63. The molecule has 1 aromatic carbocycles. The minimum atomic E-state index is -0.127. The van der Waals surface area contributed by atoms with Gasteiger partial charge in [0, 0.05) is 6.04 Å². The summed E-state index contributed by atoms with van der Waals surface area (Å²) >= 11 is 0. The maximum absolute atomic E-state index is 13.4. The molecule has 0 amide bonds. The molecule has 1 saturated carbocycles. The Labute approximate surface area is 97.1 Å². The van der Waals surface area contributed by atoms with Crippen LogP contribution in [0.5, 0.6) is 0 Å². The van der Waals surface area contributed by atoms with Gasteiger partial charge in [-0.25, -0.2) is 4.39 Å². The maximum Gasteiger partial charge on any atom is 0.123 e. The molecule has 1 aliphatic rings. The number of benzene rings is 1. The molecule has 1 aromatic rings. The molecule has 16 heavy (non-hydrogen) atoms. The van der Waals surface area contributed by atoms with E-state index in [-0.39, 0.29) is 11.9 Å². The zero-order valence-electron chi connectivity index (χ0n) is 10.3. The van der Waals surface area contributed by atoms with Crippen LogP contribution in [0.3, 0.4) is 0 Å². The van der Waals surface area contributed by atoms with Gasteiger partial charge >= 0.3 is 0 Å². The molecule has 1 N–H and O–H groups in total. The highest BCUT2D eigenvalue weighted by Crippen LogP contribution is 2.42. The molecule has 2 atom stereocenters. The molecular formula is C14H20FN. The second-order valence-electron chi connectivity index (χ2n) is 5.02. The van der Waals surface area contributed by atoms with Crippen LogP contribution in [0, 0.1) is 24.6 Å². The summed E-state index contributed by atoms with van der Waals surface area (Å²) < 4.78 is 13.4. The van der Waals surface area contributed by atoms with Gasteiger partial charge in [0.1, 0.15) is 5.82 Å². The van der Waals surface area contributed by atoms with Gasteiger partial charge in [-0.15, -0.1) is 0 Å². The average Bonchev–Trinajstić information content (AvgIpc) is 2.99. The Balaban J connectivity index is 2.24. The van der Waals surface area contributed by atoms with Crippen LogP contribution in [0.25, 0.3) is 0 Å². The van der Waals surface area contributed by atoms with Crippen molar-refractivity contribution in [1.82, 2.24) is 5.32 Å². The van der Waals surface area contributed by atoms with Gasteiger partial charge in [-0.2, -0.15) is 0 Å². The minimum absolute atomic E-state index is 0.127. The van der Waals surface area contributed by atoms with Gasteiger partial charge in [-0.05, 0) is 61.9 Å². The fourth-order valence-corrected chi connectivity index (χ4v) is 2.57. The lowest BCUT2D eigenvalue weighted by molar-refractivity contribution is 0.368. The molecule has 1 aliphatic carbocycles. The Kier molecular flexibility index (Phi) is 3.29. The number of halogens is 1. The molecule has 0 bridgehead atoms. The molecule has 0 aliphatic heterocycles. The predicted octanol–water partition coefficient (Wildman–Crippen LogP) is 3.44. The van der Waals surface area contributed by atoms with Gasteiger partial charge in [-0.1, -0.05) is 13.0 Å². The maximum atomic E-state index is 13.4. The Morgan fingerprint density at radius 2 is 2.00 bits per heavy atom. The van der Waals surface area contributed by atoms with E-state index in [9.17, 15) is 4.39 Å². The Morgan fingerprint density at radius 1 is 1.31 bits per heavy atom. The molecule has 1 nitrogen and oxygen atoms in total. The van der Waals surface area contributed by atoms with Crippen molar-refractivity contribution in [2.24, 2.45) is 11.8 Å². The van der Waals surface area contributed by atoms with E-state index >= 15 is 0 Å². The Bertz CT molecular complexity index is 351. The van der Waals surface area contributed by atoms with Crippen molar-refractivity contribution in [2.75, 3.05) is 7.05 Å². The SMILES string of the molecule is CNC(c1cc(C)cc(F)c1)C(C)C1CC1. The van der Waals surface area contributed by atoms with E-state index in [2.05, 4.69) is 18.3 Å². The highest BCUT2D eigenvalue weighted by Gasteiger charge is 2.33. The molecular weight excluding hydrogens is 201 g/mol. The summed E-state index contributed by atoms with van der Waals surface area (Å²) in [5, 5.41) is 3.33. The van der Waals surface area contributed by atoms with Crippen LogP contribution >= 0.6 is 0 Å². The summed E-state index contributed by atoms with van der Waals surface area (Å²) in [5.41, 5.74) is 2.08. The summed E-state index contributed by atoms with van der Waals surface area (Å²) in [4.78, 5) is 0. The summed E-state index contributed by atoms with van der Waals surface area (Å²) in [6.45, 7) is 4.21. The number of rotatable bonds is 4. The van der Waals surface area contributed by atoms with Crippen molar-refractivity contribution >= 4 is 0 Å². The van der Waals surface area contributed by atoms with Gasteiger partial charge in [0.15, 0.2) is 0 Å². The molecule has 1 fully saturated rings. The molecule has 0 aromatic heterocycles. The summed E-state index contributed by atoms with van der Waals surface area (Å²) in [5.74, 6) is 1.28. The van der Waals surface area contributed by atoms with E-state index in [1.165, 1.54) is 12.8 Å². The summed E-state index contributed by atoms with van der Waals surface area (Å²) in [6.07, 6.45) is 2.65. The smallest absolute Gasteiger partial charge is 0.123 e. The molecule has 2 rings (SSSR count). The highest BCUT2D eigenvalue weighted by atomic mass is 19.1. The van der Waals surface area contributed by atoms with Gasteiger partial charge in [-0.3, -0.25) is 0 Å². The van der Waals surface area contributed by atoms with Crippen molar-refractivity contribution in [2.45, 2.75) is 32.7 Å². The van der Waals surface area contributed by atoms with E-state index in [4.69, 9.17) is 0 Å². The normalized spacial score (nSPS) is 19.5. The van der Waals surface area contributed by atoms with Crippen molar-refractivity contribution in [3.05, 3.63) is 35.1 Å². The predicted molar refractivity (Wildman–Crippen MR) is 64.8 cm³/mol. The lowest BCUT2D eigenvalue weighted by Crippen LogP contribution is -2.25. The van der Waals surface area contributed by atoms with E-state index < -0.39 is 0 Å². The lowest BCUT2D eigenvalue weighted by Gasteiger charge is -2.24. The van der Waals surface area contributed by atoms with Crippen LogP contribution < -0.4 is 5.32 Å². The van der Waals surface area contributed by atoms with Crippen LogP contribution in [-0.4, -0.2) is 7.05 Å². The molecule has 88 valence electrons. The topological polar surface area (TPSA) is 12.0 Å². The minimum Gasteiger partial charge on any atom is -0.313 e. The van der Waals surface area contributed by atoms with Gasteiger partial charge < -0.3 is 5.32 Å². The monoisotopic (exact) mass is 221 g/mol. The number of nitrogens with one attached hydrogen (secondary N) is 1. The van der Waals surface area contributed by atoms with Crippen LogP contribution in [-0.2, 0) is 0 Å². The Hall–Kier alpha value is -0.890. The average molecular weight is 221 g/mol. The van der Waals surface area contributed by atoms with Gasteiger partial charge in [0.05, 0.1) is 0 Å². The standard InChI is InChI=1S/C14H20FN/c1-9-6-12(8-13(15)7-9)14(16-3)10(2)11-4-5-11/h6-8,10-11,14,16H,4-5H2,1-3H3. The second kappa shape index (κ2) is 4.54. The first kappa shape index (κ1) is 11.6. The molecule has 2 unspecified atom stereocenters. The van der Waals surface area contributed by atoms with E-state index in [0.717, 1.165) is 17.0 Å². The zero-order chi connectivity index (χ0) is 11.7. The van der Waals surface area contributed by atoms with Crippen LogP contribution in [0.1, 0.15) is 36.9 Å². The van der Waals surface area contributed by atoms with Crippen molar-refractivity contribution < 1.29 is 4.39 Å². The van der Waals surface area contributed by atoms with Gasteiger partial charge in [0.25, 0.3) is 0 Å². The molecule has 0 spiro atoms. The highest BCUT2D eigenvalue weighted by molar-refractivity contribution is 5.27. The third kappa shape index (κ3) is 2.43. The fourth-order valence-electron chi connectivity index (χ4n) is 2.57. The fraction of sp³-hybridized carbons (Fsp3) is 0.571. The number of hydrogen-bond acceptors (Lipinski definition) is 1. The number of hydrogen-bond donors (Lipinski definition) is 1. The van der Waals surface area contributed by atoms with Crippen LogP contribution in [0.2, 0.25) is 0 Å². The van der Waals surface area contributed by atoms with Crippen molar-refractivity contribution in [1.29, 1.82) is 0 Å². The molecule has 0 heterocycles. The first-order valence-electron chi connectivity index (χ1n) is 6.06.